The minimum Gasteiger partial charge on any atom is -0.444 e. The average molecular weight is 558 g/mol. The maximum atomic E-state index is 13.6. The number of likely N-dealkylation sites (tertiary alicyclic amines) is 1. The predicted octanol–water partition coefficient (Wildman–Crippen LogP) is 5.93. The maximum Gasteiger partial charge on any atom is 0.416 e. The molecule has 10 heteroatoms. The van der Waals surface area contributed by atoms with E-state index in [0.717, 1.165) is 11.6 Å². The molecule has 7 nitrogen and oxygen atoms in total. The van der Waals surface area contributed by atoms with Crippen molar-refractivity contribution < 1.29 is 32.5 Å². The van der Waals surface area contributed by atoms with Gasteiger partial charge in [-0.15, -0.1) is 0 Å². The number of halogens is 3. The number of anilines is 1. The molecule has 0 saturated carbocycles. The minimum atomic E-state index is -4.43. The third kappa shape index (κ3) is 9.25. The lowest BCUT2D eigenvalue weighted by Crippen LogP contribution is -2.53. The van der Waals surface area contributed by atoms with Gasteiger partial charge in [-0.25, -0.2) is 4.79 Å². The van der Waals surface area contributed by atoms with Crippen LogP contribution in [0.1, 0.15) is 85.3 Å². The van der Waals surface area contributed by atoms with E-state index in [1.165, 1.54) is 6.07 Å². The third-order valence-corrected chi connectivity index (χ3v) is 7.39. The number of carbonyl (C=O) groups excluding carboxylic acids is 1. The van der Waals surface area contributed by atoms with Gasteiger partial charge in [-0.3, -0.25) is 0 Å². The Hall–Kier alpha value is -2.04. The van der Waals surface area contributed by atoms with Crippen LogP contribution in [0.15, 0.2) is 18.2 Å². The molecular formula is C29H46F3N3O4. The Morgan fingerprint density at radius 3 is 2.15 bits per heavy atom. The van der Waals surface area contributed by atoms with Crippen molar-refractivity contribution in [2.24, 2.45) is 5.92 Å². The number of aliphatic hydroxyl groups is 1. The van der Waals surface area contributed by atoms with E-state index in [1.54, 1.807) is 11.0 Å². The van der Waals surface area contributed by atoms with E-state index in [9.17, 15) is 23.1 Å². The largest absolute Gasteiger partial charge is 0.444 e. The molecule has 222 valence electrons. The molecule has 2 aliphatic heterocycles. The van der Waals surface area contributed by atoms with Gasteiger partial charge >= 0.3 is 12.3 Å². The summed E-state index contributed by atoms with van der Waals surface area (Å²) in [7, 11) is 0. The van der Waals surface area contributed by atoms with Crippen molar-refractivity contribution in [3.05, 3.63) is 29.3 Å². The van der Waals surface area contributed by atoms with Gasteiger partial charge < -0.3 is 29.7 Å². The number of alkyl halides is 3. The fourth-order valence-electron chi connectivity index (χ4n) is 5.06. The molecule has 1 atom stereocenters. The van der Waals surface area contributed by atoms with E-state index in [0.29, 0.717) is 64.1 Å². The van der Waals surface area contributed by atoms with E-state index in [2.05, 4.69) is 12.2 Å². The molecular weight excluding hydrogens is 511 g/mol. The summed E-state index contributed by atoms with van der Waals surface area (Å²) in [6.07, 6.45) is -3.00. The molecule has 0 aliphatic carbocycles. The second kappa shape index (κ2) is 11.8. The summed E-state index contributed by atoms with van der Waals surface area (Å²) in [6.45, 7) is 15.8. The van der Waals surface area contributed by atoms with Crippen LogP contribution in [0, 0.1) is 5.92 Å². The predicted molar refractivity (Wildman–Crippen MR) is 146 cm³/mol. The molecule has 0 spiro atoms. The maximum absolute atomic E-state index is 13.6. The van der Waals surface area contributed by atoms with Gasteiger partial charge in [0.1, 0.15) is 5.60 Å². The fraction of sp³-hybridized carbons (Fsp3) is 0.759. The highest BCUT2D eigenvalue weighted by Gasteiger charge is 2.36. The third-order valence-electron chi connectivity index (χ3n) is 7.39. The molecule has 2 aliphatic rings. The lowest BCUT2D eigenvalue weighted by Gasteiger charge is -2.41. The molecule has 1 aromatic rings. The van der Waals surface area contributed by atoms with Gasteiger partial charge in [-0.1, -0.05) is 6.07 Å². The van der Waals surface area contributed by atoms with Crippen LogP contribution in [-0.2, 0) is 22.2 Å². The minimum absolute atomic E-state index is 0.0677. The number of benzene rings is 1. The van der Waals surface area contributed by atoms with Crippen LogP contribution >= 0.6 is 0 Å². The second-order valence-electron chi connectivity index (χ2n) is 13.2. The number of rotatable bonds is 6. The molecule has 1 unspecified atom stereocenters. The van der Waals surface area contributed by atoms with Gasteiger partial charge in [0.05, 0.1) is 11.2 Å². The van der Waals surface area contributed by atoms with Gasteiger partial charge in [0.25, 0.3) is 0 Å². The summed E-state index contributed by atoms with van der Waals surface area (Å²) in [5.41, 5.74) is -0.603. The monoisotopic (exact) mass is 557 g/mol. The van der Waals surface area contributed by atoms with Crippen molar-refractivity contribution in [2.45, 2.75) is 110 Å². The van der Waals surface area contributed by atoms with E-state index in [4.69, 9.17) is 9.47 Å². The van der Waals surface area contributed by atoms with Crippen LogP contribution in [0.2, 0.25) is 0 Å². The smallest absolute Gasteiger partial charge is 0.416 e. The summed E-state index contributed by atoms with van der Waals surface area (Å²) < 4.78 is 52.0. The Morgan fingerprint density at radius 1 is 1.05 bits per heavy atom. The van der Waals surface area contributed by atoms with Crippen molar-refractivity contribution >= 4 is 11.8 Å². The Morgan fingerprint density at radius 2 is 1.64 bits per heavy atom. The zero-order valence-electron chi connectivity index (χ0n) is 24.5. The topological polar surface area (TPSA) is 74.3 Å². The molecule has 1 amide bonds. The van der Waals surface area contributed by atoms with E-state index in [-0.39, 0.29) is 17.6 Å². The van der Waals surface area contributed by atoms with Crippen molar-refractivity contribution in [1.82, 2.24) is 10.2 Å². The molecule has 0 aromatic heterocycles. The highest BCUT2D eigenvalue weighted by molar-refractivity contribution is 5.68. The number of nitrogens with zero attached hydrogens (tertiary/aromatic N) is 2. The number of piperidine rings is 2. The zero-order chi connectivity index (χ0) is 29.2. The van der Waals surface area contributed by atoms with Gasteiger partial charge in [0, 0.05) is 49.9 Å². The molecule has 2 saturated heterocycles. The van der Waals surface area contributed by atoms with Gasteiger partial charge in [-0.2, -0.15) is 13.2 Å². The van der Waals surface area contributed by atoms with Crippen LogP contribution in [0.4, 0.5) is 23.7 Å². The zero-order valence-corrected chi connectivity index (χ0v) is 24.5. The molecule has 2 heterocycles. The van der Waals surface area contributed by atoms with E-state index in [1.807, 2.05) is 46.4 Å². The average Bonchev–Trinajstić information content (AvgIpc) is 2.80. The van der Waals surface area contributed by atoms with Crippen molar-refractivity contribution in [1.29, 1.82) is 0 Å². The van der Waals surface area contributed by atoms with Crippen LogP contribution in [0.3, 0.4) is 0 Å². The number of hydrogen-bond donors (Lipinski definition) is 2. The van der Waals surface area contributed by atoms with Crippen molar-refractivity contribution in [3.8, 4) is 0 Å². The number of ether oxygens (including phenoxy) is 2. The summed E-state index contributed by atoms with van der Waals surface area (Å²) in [6, 6.07) is 3.95. The lowest BCUT2D eigenvalue weighted by molar-refractivity contribution is -0.194. The first-order valence-corrected chi connectivity index (χ1v) is 13.9. The SMILES string of the molecule is CC1(NCc2ccc(C(F)(F)F)cc2N2CCC(C(O)OC(C)(C)C)CC2)CCN(C(=O)OC(C)(C)C)CC1. The summed E-state index contributed by atoms with van der Waals surface area (Å²) >= 11 is 0. The van der Waals surface area contributed by atoms with Crippen LogP contribution < -0.4 is 10.2 Å². The molecule has 39 heavy (non-hydrogen) atoms. The van der Waals surface area contributed by atoms with Crippen LogP contribution in [0.25, 0.3) is 0 Å². The second-order valence-corrected chi connectivity index (χ2v) is 13.2. The fourth-order valence-corrected chi connectivity index (χ4v) is 5.06. The molecule has 2 fully saturated rings. The summed E-state index contributed by atoms with van der Waals surface area (Å²) in [5, 5.41) is 14.1. The molecule has 3 rings (SSSR count). The Balaban J connectivity index is 1.67. The normalized spacial score (nSPS) is 20.2. The molecule has 1 aromatic carbocycles. The van der Waals surface area contributed by atoms with Gasteiger partial charge in [-0.05, 0) is 91.8 Å². The molecule has 0 bridgehead atoms. The Bertz CT molecular complexity index is 971. The number of carbonyl (C=O) groups is 1. The number of hydrogen-bond acceptors (Lipinski definition) is 6. The summed E-state index contributed by atoms with van der Waals surface area (Å²) in [4.78, 5) is 16.1. The first-order valence-electron chi connectivity index (χ1n) is 13.9. The number of nitrogens with one attached hydrogen (secondary N) is 1. The van der Waals surface area contributed by atoms with Gasteiger partial charge in [0.15, 0.2) is 6.29 Å². The highest BCUT2D eigenvalue weighted by Crippen LogP contribution is 2.36. The van der Waals surface area contributed by atoms with Crippen LogP contribution in [-0.4, -0.2) is 65.3 Å². The van der Waals surface area contributed by atoms with Crippen molar-refractivity contribution in [3.63, 3.8) is 0 Å². The Kier molecular flexibility index (Phi) is 9.55. The van der Waals surface area contributed by atoms with Crippen LogP contribution in [0.5, 0.6) is 0 Å². The van der Waals surface area contributed by atoms with E-state index < -0.39 is 29.2 Å². The summed E-state index contributed by atoms with van der Waals surface area (Å²) in [5.74, 6) is -0.0677. The van der Waals surface area contributed by atoms with Gasteiger partial charge in [0.2, 0.25) is 0 Å². The highest BCUT2D eigenvalue weighted by atomic mass is 19.4. The molecule has 2 N–H and O–H groups in total. The van der Waals surface area contributed by atoms with Crippen molar-refractivity contribution in [2.75, 3.05) is 31.1 Å². The quantitative estimate of drug-likeness (QED) is 0.422. The number of amides is 1. The first kappa shape index (κ1) is 31.5. The Labute approximate surface area is 231 Å². The first-order chi connectivity index (χ1) is 17.9. The van der Waals surface area contributed by atoms with E-state index >= 15 is 0 Å². The standard InChI is InChI=1S/C29H46F3N3O4/c1-26(2,3)38-24(36)20-10-14-34(15-11-20)23-18-22(29(30,31)32)9-8-21(23)19-33-28(7)12-16-35(17-13-28)25(37)39-27(4,5)6/h8-9,18,20,24,33,36H,10-17,19H2,1-7H3. The lowest BCUT2D eigenvalue weighted by atomic mass is 9.89. The molecule has 0 radical (unpaired) electrons. The number of aliphatic hydroxyl groups excluding tert-OH is 1.